The lowest BCUT2D eigenvalue weighted by molar-refractivity contribution is -0.139. The van der Waals surface area contributed by atoms with Gasteiger partial charge in [0.1, 0.15) is 0 Å². The lowest BCUT2D eigenvalue weighted by atomic mass is 9.88. The topological polar surface area (TPSA) is 55.8 Å². The fourth-order valence-corrected chi connectivity index (χ4v) is 2.52. The lowest BCUT2D eigenvalue weighted by Crippen LogP contribution is -2.50. The van der Waals surface area contributed by atoms with E-state index in [0.29, 0.717) is 19.3 Å². The Morgan fingerprint density at radius 2 is 1.82 bits per heavy atom. The van der Waals surface area contributed by atoms with E-state index in [0.717, 1.165) is 39.3 Å². The number of nitrogens with zero attached hydrogens (tertiary/aromatic N) is 2. The molecule has 0 bridgehead atoms. The molecule has 1 amide bonds. The summed E-state index contributed by atoms with van der Waals surface area (Å²) in [5.41, 5.74) is -0.769. The van der Waals surface area contributed by atoms with Gasteiger partial charge in [0.15, 0.2) is 0 Å². The summed E-state index contributed by atoms with van der Waals surface area (Å²) in [7, 11) is 2.05. The minimum Gasteiger partial charge on any atom is -0.389 e. The van der Waals surface area contributed by atoms with E-state index in [4.69, 9.17) is 0 Å². The molecule has 98 valence electrons. The zero-order valence-corrected chi connectivity index (χ0v) is 10.6. The van der Waals surface area contributed by atoms with Crippen LogP contribution in [0, 0.1) is 0 Å². The number of hydrogen-bond acceptors (Lipinski definition) is 4. The van der Waals surface area contributed by atoms with E-state index in [-0.39, 0.29) is 5.91 Å². The molecule has 0 radical (unpaired) electrons. The van der Waals surface area contributed by atoms with Gasteiger partial charge < -0.3 is 20.2 Å². The Bertz CT molecular complexity index is 269. The quantitative estimate of drug-likeness (QED) is 0.669. The average molecular weight is 241 g/mol. The van der Waals surface area contributed by atoms with Crippen LogP contribution in [0.15, 0.2) is 0 Å². The maximum Gasteiger partial charge on any atom is 0.225 e. The van der Waals surface area contributed by atoms with Crippen molar-refractivity contribution in [2.75, 3.05) is 46.3 Å². The van der Waals surface area contributed by atoms with Crippen LogP contribution < -0.4 is 5.32 Å². The molecule has 0 aromatic heterocycles. The summed E-state index contributed by atoms with van der Waals surface area (Å²) < 4.78 is 0. The fraction of sp³-hybridized carbons (Fsp3) is 0.917. The number of likely N-dealkylation sites (tertiary alicyclic amines) is 1. The third-order valence-corrected chi connectivity index (χ3v) is 3.87. The second kappa shape index (κ2) is 5.33. The van der Waals surface area contributed by atoms with Gasteiger partial charge in [0.05, 0.1) is 12.0 Å². The van der Waals surface area contributed by atoms with Crippen LogP contribution in [0.2, 0.25) is 0 Å². The number of aliphatic hydroxyl groups is 1. The molecule has 0 saturated carbocycles. The Kier molecular flexibility index (Phi) is 4.01. The highest BCUT2D eigenvalue weighted by Gasteiger charge is 2.34. The first-order valence-corrected chi connectivity index (χ1v) is 6.48. The van der Waals surface area contributed by atoms with E-state index in [9.17, 15) is 9.90 Å². The van der Waals surface area contributed by atoms with Crippen molar-refractivity contribution in [3.05, 3.63) is 0 Å². The molecule has 0 unspecified atom stereocenters. The van der Waals surface area contributed by atoms with E-state index in [1.165, 1.54) is 0 Å². The summed E-state index contributed by atoms with van der Waals surface area (Å²) in [5, 5.41) is 13.6. The molecule has 2 saturated heterocycles. The minimum absolute atomic E-state index is 0.110. The van der Waals surface area contributed by atoms with Crippen molar-refractivity contribution in [2.24, 2.45) is 0 Å². The number of piperazine rings is 1. The largest absolute Gasteiger partial charge is 0.389 e. The third kappa shape index (κ3) is 3.40. The zero-order chi connectivity index (χ0) is 12.3. The van der Waals surface area contributed by atoms with Gasteiger partial charge in [0.25, 0.3) is 0 Å². The highest BCUT2D eigenvalue weighted by atomic mass is 16.3. The predicted octanol–water partition coefficient (Wildman–Crippen LogP) is -0.735. The van der Waals surface area contributed by atoms with Crippen LogP contribution in [-0.4, -0.2) is 72.7 Å². The number of carbonyl (C=O) groups excluding carboxylic acids is 1. The van der Waals surface area contributed by atoms with Crippen molar-refractivity contribution in [3.8, 4) is 0 Å². The van der Waals surface area contributed by atoms with Crippen molar-refractivity contribution in [2.45, 2.75) is 24.9 Å². The van der Waals surface area contributed by atoms with Crippen LogP contribution in [0.25, 0.3) is 0 Å². The third-order valence-electron chi connectivity index (χ3n) is 3.87. The van der Waals surface area contributed by atoms with Gasteiger partial charge in [0, 0.05) is 39.3 Å². The van der Waals surface area contributed by atoms with E-state index in [1.807, 2.05) is 4.90 Å². The minimum atomic E-state index is -0.769. The molecule has 2 fully saturated rings. The molecule has 2 aliphatic rings. The monoisotopic (exact) mass is 241 g/mol. The molecular formula is C12H23N3O2. The molecule has 5 heteroatoms. The van der Waals surface area contributed by atoms with Crippen LogP contribution in [-0.2, 0) is 4.79 Å². The van der Waals surface area contributed by atoms with E-state index in [2.05, 4.69) is 17.3 Å². The average Bonchev–Trinajstić information content (AvgIpc) is 2.34. The Balaban J connectivity index is 1.84. The molecule has 2 rings (SSSR count). The molecule has 0 spiro atoms. The lowest BCUT2D eigenvalue weighted by Gasteiger charge is -2.38. The predicted molar refractivity (Wildman–Crippen MR) is 65.7 cm³/mol. The molecule has 0 aliphatic carbocycles. The van der Waals surface area contributed by atoms with E-state index < -0.39 is 5.60 Å². The van der Waals surface area contributed by atoms with E-state index >= 15 is 0 Å². The Morgan fingerprint density at radius 3 is 2.41 bits per heavy atom. The summed E-state index contributed by atoms with van der Waals surface area (Å²) in [4.78, 5) is 16.1. The molecule has 0 atom stereocenters. The number of rotatable bonds is 2. The van der Waals surface area contributed by atoms with Crippen molar-refractivity contribution in [1.29, 1.82) is 0 Å². The smallest absolute Gasteiger partial charge is 0.225 e. The number of piperidine rings is 1. The number of amides is 1. The zero-order valence-electron chi connectivity index (χ0n) is 10.6. The maximum atomic E-state index is 12.1. The van der Waals surface area contributed by atoms with Crippen molar-refractivity contribution >= 4 is 5.91 Å². The molecule has 2 aliphatic heterocycles. The standard InChI is InChI=1S/C12H23N3O2/c1-14-6-2-12(17,3-7-14)10-11(16)15-8-4-13-5-9-15/h13,17H,2-10H2,1H3. The Morgan fingerprint density at radius 1 is 1.24 bits per heavy atom. The van der Waals surface area contributed by atoms with Gasteiger partial charge in [-0.15, -0.1) is 0 Å². The van der Waals surface area contributed by atoms with Crippen LogP contribution in [0.5, 0.6) is 0 Å². The highest BCUT2D eigenvalue weighted by molar-refractivity contribution is 5.77. The maximum absolute atomic E-state index is 12.1. The summed E-state index contributed by atoms with van der Waals surface area (Å²) >= 11 is 0. The van der Waals surface area contributed by atoms with Gasteiger partial charge in [-0.2, -0.15) is 0 Å². The Hall–Kier alpha value is -0.650. The molecular weight excluding hydrogens is 218 g/mol. The van der Waals surface area contributed by atoms with Crippen LogP contribution in [0.3, 0.4) is 0 Å². The summed E-state index contributed by atoms with van der Waals surface area (Å²) in [6, 6.07) is 0. The fourth-order valence-electron chi connectivity index (χ4n) is 2.52. The summed E-state index contributed by atoms with van der Waals surface area (Å²) in [6.07, 6.45) is 1.71. The van der Waals surface area contributed by atoms with Crippen LogP contribution in [0.1, 0.15) is 19.3 Å². The molecule has 0 aromatic carbocycles. The SMILES string of the molecule is CN1CCC(O)(CC(=O)N2CCNCC2)CC1. The molecule has 17 heavy (non-hydrogen) atoms. The van der Waals surface area contributed by atoms with Crippen LogP contribution in [0.4, 0.5) is 0 Å². The van der Waals surface area contributed by atoms with Gasteiger partial charge >= 0.3 is 0 Å². The molecule has 0 aromatic rings. The van der Waals surface area contributed by atoms with Gasteiger partial charge in [0.2, 0.25) is 5.91 Å². The number of nitrogens with one attached hydrogen (secondary N) is 1. The van der Waals surface area contributed by atoms with Crippen LogP contribution >= 0.6 is 0 Å². The van der Waals surface area contributed by atoms with Crippen molar-refractivity contribution in [3.63, 3.8) is 0 Å². The summed E-state index contributed by atoms with van der Waals surface area (Å²) in [6.45, 7) is 5.04. The van der Waals surface area contributed by atoms with Gasteiger partial charge in [-0.05, 0) is 19.9 Å². The number of carbonyl (C=O) groups is 1. The number of hydrogen-bond donors (Lipinski definition) is 2. The molecule has 5 nitrogen and oxygen atoms in total. The first-order chi connectivity index (χ1) is 8.09. The first kappa shape index (κ1) is 12.8. The van der Waals surface area contributed by atoms with Gasteiger partial charge in [-0.1, -0.05) is 0 Å². The van der Waals surface area contributed by atoms with Crippen molar-refractivity contribution in [1.82, 2.24) is 15.1 Å². The van der Waals surface area contributed by atoms with Crippen molar-refractivity contribution < 1.29 is 9.90 Å². The molecule has 2 N–H and O–H groups in total. The Labute approximate surface area is 103 Å². The van der Waals surface area contributed by atoms with Gasteiger partial charge in [-0.25, -0.2) is 0 Å². The second-order valence-corrected chi connectivity index (χ2v) is 5.34. The van der Waals surface area contributed by atoms with Gasteiger partial charge in [-0.3, -0.25) is 4.79 Å². The highest BCUT2D eigenvalue weighted by Crippen LogP contribution is 2.25. The van der Waals surface area contributed by atoms with E-state index in [1.54, 1.807) is 0 Å². The first-order valence-electron chi connectivity index (χ1n) is 6.48. The normalized spacial score (nSPS) is 25.9. The molecule has 2 heterocycles. The summed E-state index contributed by atoms with van der Waals surface area (Å²) in [5.74, 6) is 0.110. The second-order valence-electron chi connectivity index (χ2n) is 5.34.